The van der Waals surface area contributed by atoms with Crippen LogP contribution in [0, 0.1) is 0 Å². The number of hydrogen-bond acceptors (Lipinski definition) is 3. The van der Waals surface area contributed by atoms with E-state index in [0.29, 0.717) is 18.3 Å². The minimum atomic E-state index is -5.57. The highest BCUT2D eigenvalue weighted by molar-refractivity contribution is 7.84. The van der Waals surface area contributed by atoms with E-state index >= 15 is 0 Å². The van der Waals surface area contributed by atoms with Crippen LogP contribution in [0.4, 0.5) is 22.0 Å². The van der Waals surface area contributed by atoms with E-state index in [0.717, 1.165) is 44.1 Å². The molecule has 0 spiro atoms. The van der Waals surface area contributed by atoms with Crippen molar-refractivity contribution in [1.29, 1.82) is 0 Å². The van der Waals surface area contributed by atoms with E-state index in [1.807, 2.05) is 48.5 Å². The van der Waals surface area contributed by atoms with Gasteiger partial charge in [-0.25, -0.2) is 0 Å². The lowest BCUT2D eigenvalue weighted by Gasteiger charge is -2.34. The Morgan fingerprint density at radius 1 is 0.762 bits per heavy atom. The molecule has 0 heterocycles. The predicted octanol–water partition coefficient (Wildman–Crippen LogP) is 8.59. The van der Waals surface area contributed by atoms with Gasteiger partial charge in [0.05, 0.1) is 0 Å². The molecular formula is C33H37F5O3S. The Morgan fingerprint density at radius 2 is 1.40 bits per heavy atom. The van der Waals surface area contributed by atoms with E-state index < -0.39 is 35.7 Å². The summed E-state index contributed by atoms with van der Waals surface area (Å²) in [4.78, 5) is 0. The van der Waals surface area contributed by atoms with Gasteiger partial charge in [-0.2, -0.15) is 22.0 Å². The van der Waals surface area contributed by atoms with Gasteiger partial charge in [0.2, 0.25) is 0 Å². The molecule has 0 saturated carbocycles. The van der Waals surface area contributed by atoms with Crippen molar-refractivity contribution < 1.29 is 36.4 Å². The molecular weight excluding hydrogens is 571 g/mol. The molecule has 0 aromatic heterocycles. The third kappa shape index (κ3) is 8.55. The van der Waals surface area contributed by atoms with E-state index in [-0.39, 0.29) is 23.0 Å². The van der Waals surface area contributed by atoms with Crippen molar-refractivity contribution in [2.24, 2.45) is 0 Å². The van der Waals surface area contributed by atoms with Crippen LogP contribution in [0.1, 0.15) is 78.2 Å². The molecule has 1 aliphatic carbocycles. The van der Waals surface area contributed by atoms with Gasteiger partial charge in [0.15, 0.2) is 0 Å². The summed E-state index contributed by atoms with van der Waals surface area (Å²) in [7, 11) is -1.46. The number of alkyl halides is 5. The molecule has 0 amide bonds. The number of hydrogen-bond donors (Lipinski definition) is 2. The number of aromatic hydroxyl groups is 2. The monoisotopic (exact) mass is 608 g/mol. The molecule has 0 aliphatic heterocycles. The molecule has 0 fully saturated rings. The van der Waals surface area contributed by atoms with Crippen molar-refractivity contribution in [3.8, 4) is 11.5 Å². The first-order valence-electron chi connectivity index (χ1n) is 14.4. The van der Waals surface area contributed by atoms with E-state index in [4.69, 9.17) is 0 Å². The Morgan fingerprint density at radius 3 is 2.07 bits per heavy atom. The Labute approximate surface area is 246 Å². The Kier molecular flexibility index (Phi) is 10.7. The molecule has 2 N–H and O–H groups in total. The molecule has 9 heteroatoms. The van der Waals surface area contributed by atoms with Crippen LogP contribution < -0.4 is 0 Å². The van der Waals surface area contributed by atoms with Crippen LogP contribution in [0.3, 0.4) is 0 Å². The smallest absolute Gasteiger partial charge is 0.453 e. The Balaban J connectivity index is 1.24. The van der Waals surface area contributed by atoms with Gasteiger partial charge in [0.25, 0.3) is 0 Å². The maximum atomic E-state index is 13.0. The van der Waals surface area contributed by atoms with Crippen LogP contribution >= 0.6 is 0 Å². The largest absolute Gasteiger partial charge is 0.508 e. The molecule has 3 atom stereocenters. The third-order valence-corrected chi connectivity index (χ3v) is 9.61. The van der Waals surface area contributed by atoms with Crippen LogP contribution in [0.2, 0.25) is 0 Å². The van der Waals surface area contributed by atoms with Crippen molar-refractivity contribution >= 4 is 10.8 Å². The fourth-order valence-corrected chi connectivity index (χ4v) is 7.01. The number of halogens is 5. The first-order chi connectivity index (χ1) is 19.9. The zero-order valence-corrected chi connectivity index (χ0v) is 24.2. The minimum absolute atomic E-state index is 0.177. The first-order valence-corrected chi connectivity index (χ1v) is 15.9. The highest BCUT2D eigenvalue weighted by Crippen LogP contribution is 2.46. The number of fused-ring (bicyclic) bond motifs is 1. The molecule has 3 unspecified atom stereocenters. The van der Waals surface area contributed by atoms with Crippen molar-refractivity contribution in [1.82, 2.24) is 0 Å². The molecule has 3 aromatic carbocycles. The van der Waals surface area contributed by atoms with Gasteiger partial charge >= 0.3 is 12.1 Å². The zero-order valence-electron chi connectivity index (χ0n) is 23.4. The number of benzene rings is 3. The maximum Gasteiger partial charge on any atom is 0.453 e. The zero-order chi connectivity index (χ0) is 30.3. The standard InChI is InChI=1S/C33H37F5O3S/c34-32(35,33(36,37)38)19-3-20-42(41)21-18-24-8-6-23(7-9-24)4-1-2-5-31-29(25-10-13-27(39)14-11-25)16-12-26-22-28(40)15-17-30(26)31/h6-11,13-15,17,22,29,31,39-40H,1-5,12,16,18-21H2. The van der Waals surface area contributed by atoms with Crippen LogP contribution in [0.25, 0.3) is 0 Å². The molecule has 3 aromatic rings. The number of unbranched alkanes of at least 4 members (excludes halogenated alkanes) is 1. The van der Waals surface area contributed by atoms with Crippen LogP contribution in [-0.4, -0.2) is 38.0 Å². The molecule has 0 bridgehead atoms. The van der Waals surface area contributed by atoms with Gasteiger partial charge in [-0.3, -0.25) is 4.21 Å². The maximum absolute atomic E-state index is 13.0. The second-order valence-corrected chi connectivity index (χ2v) is 12.9. The van der Waals surface area contributed by atoms with Crippen LogP contribution in [0.15, 0.2) is 66.7 Å². The third-order valence-electron chi connectivity index (χ3n) is 8.21. The summed E-state index contributed by atoms with van der Waals surface area (Å²) in [5.74, 6) is -3.50. The fourth-order valence-electron chi connectivity index (χ4n) is 5.87. The molecule has 0 saturated heterocycles. The second-order valence-electron chi connectivity index (χ2n) is 11.2. The van der Waals surface area contributed by atoms with Crippen molar-refractivity contribution in [2.75, 3.05) is 11.5 Å². The van der Waals surface area contributed by atoms with Gasteiger partial charge in [-0.15, -0.1) is 0 Å². The minimum Gasteiger partial charge on any atom is -0.508 e. The van der Waals surface area contributed by atoms with Gasteiger partial charge in [0, 0.05) is 28.7 Å². The van der Waals surface area contributed by atoms with Crippen molar-refractivity contribution in [3.63, 3.8) is 0 Å². The molecule has 3 nitrogen and oxygen atoms in total. The predicted molar refractivity (Wildman–Crippen MR) is 156 cm³/mol. The quantitative estimate of drug-likeness (QED) is 0.151. The summed E-state index contributed by atoms with van der Waals surface area (Å²) in [6.45, 7) is 0. The Bertz CT molecular complexity index is 1320. The van der Waals surface area contributed by atoms with E-state index in [1.54, 1.807) is 18.2 Å². The van der Waals surface area contributed by atoms with Crippen molar-refractivity contribution in [2.45, 2.75) is 81.7 Å². The molecule has 42 heavy (non-hydrogen) atoms. The van der Waals surface area contributed by atoms with Crippen LogP contribution in [0.5, 0.6) is 11.5 Å². The van der Waals surface area contributed by atoms with E-state index in [1.165, 1.54) is 22.3 Å². The first kappa shape index (κ1) is 32.0. The van der Waals surface area contributed by atoms with Gasteiger partial charge < -0.3 is 10.2 Å². The molecule has 228 valence electrons. The average Bonchev–Trinajstić information content (AvgIpc) is 2.94. The fraction of sp³-hybridized carbons (Fsp3) is 0.455. The van der Waals surface area contributed by atoms with Gasteiger partial charge in [-0.1, -0.05) is 48.9 Å². The highest BCUT2D eigenvalue weighted by atomic mass is 32.2. The van der Waals surface area contributed by atoms with E-state index in [9.17, 15) is 36.4 Å². The van der Waals surface area contributed by atoms with E-state index in [2.05, 4.69) is 0 Å². The summed E-state index contributed by atoms with van der Waals surface area (Å²) in [5.41, 5.74) is 5.83. The number of phenols is 2. The lowest BCUT2D eigenvalue weighted by Crippen LogP contribution is -2.36. The molecule has 4 rings (SSSR count). The summed E-state index contributed by atoms with van der Waals surface area (Å²) in [5, 5.41) is 19.7. The topological polar surface area (TPSA) is 57.5 Å². The molecule has 0 radical (unpaired) electrons. The summed E-state index contributed by atoms with van der Waals surface area (Å²) < 4.78 is 74.9. The average molecular weight is 609 g/mol. The van der Waals surface area contributed by atoms with Gasteiger partial charge in [-0.05, 0) is 109 Å². The number of phenolic OH excluding ortho intramolecular Hbond substituents is 2. The molecule has 1 aliphatic rings. The summed E-state index contributed by atoms with van der Waals surface area (Å²) in [6, 6.07) is 21.1. The Hall–Kier alpha value is -2.94. The normalized spacial score (nSPS) is 18.0. The lowest BCUT2D eigenvalue weighted by atomic mass is 9.70. The summed E-state index contributed by atoms with van der Waals surface area (Å²) in [6.07, 6.45) is -1.07. The number of rotatable bonds is 13. The highest BCUT2D eigenvalue weighted by Gasteiger charge is 2.56. The number of aryl methyl sites for hydroxylation is 3. The van der Waals surface area contributed by atoms with Crippen LogP contribution in [-0.2, 0) is 30.1 Å². The van der Waals surface area contributed by atoms with Gasteiger partial charge in [0.1, 0.15) is 11.5 Å². The van der Waals surface area contributed by atoms with Crippen molar-refractivity contribution in [3.05, 3.63) is 94.5 Å². The summed E-state index contributed by atoms with van der Waals surface area (Å²) >= 11 is 0. The SMILES string of the molecule is O=S(CCCC(F)(F)C(F)(F)F)CCc1ccc(CCCCC2c3ccc(O)cc3CCC2c2ccc(O)cc2)cc1. The lowest BCUT2D eigenvalue weighted by molar-refractivity contribution is -0.284. The second kappa shape index (κ2) is 14.0.